The molecule has 1 saturated heterocycles. The van der Waals surface area contributed by atoms with Crippen molar-refractivity contribution in [1.82, 2.24) is 0 Å². The summed E-state index contributed by atoms with van der Waals surface area (Å²) >= 11 is 0. The van der Waals surface area contributed by atoms with Gasteiger partial charge in [0.2, 0.25) is 0 Å². The predicted octanol–water partition coefficient (Wildman–Crippen LogP) is 3.46. The van der Waals surface area contributed by atoms with E-state index in [1.54, 1.807) is 24.3 Å². The zero-order chi connectivity index (χ0) is 18.9. The number of hydrogen-bond donors (Lipinski definition) is 0. The zero-order valence-corrected chi connectivity index (χ0v) is 16.1. The molecule has 1 aliphatic heterocycles. The number of rotatable bonds is 9. The molecule has 0 radical (unpaired) electrons. The molecule has 0 bridgehead atoms. The lowest BCUT2D eigenvalue weighted by molar-refractivity contribution is -0.0301. The minimum atomic E-state index is -1.57. The Kier molecular flexibility index (Phi) is 8.43. The van der Waals surface area contributed by atoms with Crippen molar-refractivity contribution in [3.63, 3.8) is 0 Å². The van der Waals surface area contributed by atoms with Gasteiger partial charge in [-0.15, -0.1) is 0 Å². The van der Waals surface area contributed by atoms with Gasteiger partial charge in [-0.1, -0.05) is 25.1 Å². The van der Waals surface area contributed by atoms with E-state index in [1.807, 2.05) is 26.0 Å². The SMILES string of the molecule is COP(OCCC#N)OC[C@H]1O[C@@H](C)[C@H](C)[C@@H]1OC(=O)c1ccccc1. The van der Waals surface area contributed by atoms with E-state index in [2.05, 4.69) is 0 Å². The highest BCUT2D eigenvalue weighted by molar-refractivity contribution is 7.41. The molecule has 2 rings (SSSR count). The first-order valence-corrected chi connectivity index (χ1v) is 9.54. The Balaban J connectivity index is 1.93. The Hall–Kier alpha value is -1.55. The summed E-state index contributed by atoms with van der Waals surface area (Å²) in [5.74, 6) is -0.353. The Morgan fingerprint density at radius 2 is 2.00 bits per heavy atom. The topological polar surface area (TPSA) is 87.0 Å². The van der Waals surface area contributed by atoms with Gasteiger partial charge in [0.1, 0.15) is 12.2 Å². The molecular weight excluding hydrogens is 357 g/mol. The third-order valence-electron chi connectivity index (χ3n) is 4.17. The molecular formula is C18H24NO6P. The van der Waals surface area contributed by atoms with Crippen molar-refractivity contribution >= 4 is 14.6 Å². The molecule has 0 saturated carbocycles. The molecule has 0 amide bonds. The van der Waals surface area contributed by atoms with Crippen molar-refractivity contribution in [2.24, 2.45) is 5.92 Å². The molecule has 5 atom stereocenters. The van der Waals surface area contributed by atoms with E-state index in [9.17, 15) is 4.79 Å². The van der Waals surface area contributed by atoms with Crippen molar-refractivity contribution in [3.05, 3.63) is 35.9 Å². The Bertz CT molecular complexity index is 607. The molecule has 8 heteroatoms. The molecule has 1 fully saturated rings. The van der Waals surface area contributed by atoms with Gasteiger partial charge in [0.05, 0.1) is 37.4 Å². The molecule has 0 aliphatic carbocycles. The quantitative estimate of drug-likeness (QED) is 0.368. The van der Waals surface area contributed by atoms with Crippen LogP contribution in [0.25, 0.3) is 0 Å². The fraction of sp³-hybridized carbons (Fsp3) is 0.556. The third kappa shape index (κ3) is 5.73. The average molecular weight is 381 g/mol. The zero-order valence-electron chi connectivity index (χ0n) is 15.2. The lowest BCUT2D eigenvalue weighted by atomic mass is 9.99. The van der Waals surface area contributed by atoms with E-state index in [-0.39, 0.29) is 37.6 Å². The number of carbonyl (C=O) groups excluding carboxylic acids is 1. The maximum Gasteiger partial charge on any atom is 0.338 e. The second kappa shape index (κ2) is 10.6. The number of esters is 1. The summed E-state index contributed by atoms with van der Waals surface area (Å²) in [4.78, 5) is 12.4. The summed E-state index contributed by atoms with van der Waals surface area (Å²) in [6.45, 7) is 4.33. The van der Waals surface area contributed by atoms with Gasteiger partial charge in [-0.2, -0.15) is 5.26 Å². The molecule has 1 aromatic rings. The van der Waals surface area contributed by atoms with Crippen molar-refractivity contribution < 1.29 is 27.8 Å². The molecule has 1 heterocycles. The van der Waals surface area contributed by atoms with Crippen molar-refractivity contribution in [3.8, 4) is 6.07 Å². The number of nitrogens with zero attached hydrogens (tertiary/aromatic N) is 1. The largest absolute Gasteiger partial charge is 0.456 e. The van der Waals surface area contributed by atoms with E-state index in [0.717, 1.165) is 0 Å². The Morgan fingerprint density at radius 3 is 2.65 bits per heavy atom. The normalized spacial score (nSPS) is 26.2. The molecule has 1 aromatic carbocycles. The van der Waals surface area contributed by atoms with Crippen LogP contribution >= 0.6 is 8.60 Å². The van der Waals surface area contributed by atoms with Crippen LogP contribution in [0, 0.1) is 17.2 Å². The van der Waals surface area contributed by atoms with Gasteiger partial charge in [0, 0.05) is 13.0 Å². The number of benzene rings is 1. The van der Waals surface area contributed by atoms with Crippen LogP contribution in [-0.2, 0) is 23.0 Å². The van der Waals surface area contributed by atoms with Crippen LogP contribution in [0.2, 0.25) is 0 Å². The van der Waals surface area contributed by atoms with Gasteiger partial charge >= 0.3 is 14.6 Å². The molecule has 1 unspecified atom stereocenters. The standard InChI is InChI=1S/C18H24NO6P/c1-13-14(2)24-16(12-23-26(21-3)22-11-7-10-19)17(13)25-18(20)15-8-5-4-6-9-15/h4-6,8-9,13-14,16-17H,7,11-12H2,1-3H3/t13-,14-,16+,17-,26?/m0/s1. The molecule has 142 valence electrons. The minimum absolute atomic E-state index is 0.0320. The fourth-order valence-corrected chi connectivity index (χ4v) is 3.40. The Morgan fingerprint density at radius 1 is 1.27 bits per heavy atom. The summed E-state index contributed by atoms with van der Waals surface area (Å²) in [5, 5.41) is 8.55. The predicted molar refractivity (Wildman–Crippen MR) is 95.2 cm³/mol. The van der Waals surface area contributed by atoms with Crippen molar-refractivity contribution in [2.45, 2.75) is 38.6 Å². The van der Waals surface area contributed by atoms with E-state index in [0.29, 0.717) is 5.56 Å². The highest BCUT2D eigenvalue weighted by Gasteiger charge is 2.43. The molecule has 0 aromatic heterocycles. The second-order valence-corrected chi connectivity index (χ2v) is 7.25. The lowest BCUT2D eigenvalue weighted by Gasteiger charge is -2.23. The van der Waals surface area contributed by atoms with Gasteiger partial charge in [-0.05, 0) is 19.1 Å². The summed E-state index contributed by atoms with van der Waals surface area (Å²) in [6.07, 6.45) is -0.639. The maximum absolute atomic E-state index is 12.4. The summed E-state index contributed by atoms with van der Waals surface area (Å²) in [5.41, 5.74) is 0.498. The van der Waals surface area contributed by atoms with Crippen LogP contribution < -0.4 is 0 Å². The highest BCUT2D eigenvalue weighted by Crippen LogP contribution is 2.40. The van der Waals surface area contributed by atoms with Crippen LogP contribution in [0.5, 0.6) is 0 Å². The van der Waals surface area contributed by atoms with E-state index >= 15 is 0 Å². The maximum atomic E-state index is 12.4. The lowest BCUT2D eigenvalue weighted by Crippen LogP contribution is -2.34. The highest BCUT2D eigenvalue weighted by atomic mass is 31.2. The summed E-state index contributed by atoms with van der Waals surface area (Å²) in [7, 11) is -0.0916. The van der Waals surface area contributed by atoms with Crippen molar-refractivity contribution in [2.75, 3.05) is 20.3 Å². The Labute approximate surface area is 155 Å². The van der Waals surface area contributed by atoms with Crippen LogP contribution in [0.4, 0.5) is 0 Å². The first-order chi connectivity index (χ1) is 12.6. The summed E-state index contributed by atoms with van der Waals surface area (Å²) < 4.78 is 27.7. The molecule has 7 nitrogen and oxygen atoms in total. The smallest absolute Gasteiger partial charge is 0.338 e. The third-order valence-corrected chi connectivity index (χ3v) is 5.22. The van der Waals surface area contributed by atoms with Gasteiger partial charge in [-0.25, -0.2) is 4.79 Å². The number of nitriles is 1. The first kappa shape index (κ1) is 20.8. The molecule has 26 heavy (non-hydrogen) atoms. The number of hydrogen-bond acceptors (Lipinski definition) is 7. The number of ether oxygens (including phenoxy) is 2. The number of carbonyl (C=O) groups is 1. The van der Waals surface area contributed by atoms with Gasteiger partial charge in [0.15, 0.2) is 0 Å². The molecule has 0 N–H and O–H groups in total. The van der Waals surface area contributed by atoms with Crippen LogP contribution in [0.1, 0.15) is 30.6 Å². The molecule has 0 spiro atoms. The summed E-state index contributed by atoms with van der Waals surface area (Å²) in [6, 6.07) is 10.8. The van der Waals surface area contributed by atoms with E-state index in [1.165, 1.54) is 7.11 Å². The van der Waals surface area contributed by atoms with Crippen molar-refractivity contribution in [1.29, 1.82) is 5.26 Å². The molecule has 1 aliphatic rings. The van der Waals surface area contributed by atoms with Crippen LogP contribution in [-0.4, -0.2) is 44.6 Å². The van der Waals surface area contributed by atoms with Gasteiger partial charge in [0.25, 0.3) is 0 Å². The monoisotopic (exact) mass is 381 g/mol. The fourth-order valence-electron chi connectivity index (χ4n) is 2.61. The average Bonchev–Trinajstić information content (AvgIpc) is 2.93. The van der Waals surface area contributed by atoms with Crippen LogP contribution in [0.15, 0.2) is 30.3 Å². The van der Waals surface area contributed by atoms with E-state index in [4.69, 9.17) is 28.3 Å². The van der Waals surface area contributed by atoms with Crippen LogP contribution in [0.3, 0.4) is 0 Å². The minimum Gasteiger partial charge on any atom is -0.456 e. The first-order valence-electron chi connectivity index (χ1n) is 8.45. The second-order valence-electron chi connectivity index (χ2n) is 5.92. The van der Waals surface area contributed by atoms with Gasteiger partial charge in [-0.3, -0.25) is 0 Å². The van der Waals surface area contributed by atoms with E-state index < -0.39 is 20.8 Å². The van der Waals surface area contributed by atoms with Gasteiger partial charge < -0.3 is 23.0 Å².